The molecule has 1 aliphatic heterocycles. The minimum atomic E-state index is -0.813. The normalized spacial score (nSPS) is 26.6. The van der Waals surface area contributed by atoms with Crippen LogP contribution < -0.4 is 0 Å². The summed E-state index contributed by atoms with van der Waals surface area (Å²) in [6.45, 7) is 0.590. The van der Waals surface area contributed by atoms with Crippen molar-refractivity contribution < 1.29 is 24.5 Å². The molecule has 1 aliphatic rings. The number of aliphatic hydroxyl groups is 1. The summed E-state index contributed by atoms with van der Waals surface area (Å²) >= 11 is 0. The van der Waals surface area contributed by atoms with E-state index in [1.54, 1.807) is 0 Å². The Labute approximate surface area is 82.6 Å². The molecule has 1 heterocycles. The number of hydrogen-bond acceptors (Lipinski definition) is 4. The van der Waals surface area contributed by atoms with Gasteiger partial charge in [0.2, 0.25) is 0 Å². The van der Waals surface area contributed by atoms with Crippen LogP contribution in [0, 0.1) is 0 Å². The number of carbonyl (C=O) groups is 1. The third-order valence-electron chi connectivity index (χ3n) is 2.09. The van der Waals surface area contributed by atoms with Gasteiger partial charge in [-0.3, -0.25) is 4.79 Å². The van der Waals surface area contributed by atoms with E-state index < -0.39 is 5.97 Å². The summed E-state index contributed by atoms with van der Waals surface area (Å²) in [5.74, 6) is -0.813. The molecule has 2 atom stereocenters. The predicted molar refractivity (Wildman–Crippen MR) is 47.8 cm³/mol. The van der Waals surface area contributed by atoms with Crippen molar-refractivity contribution in [1.29, 1.82) is 0 Å². The van der Waals surface area contributed by atoms with Crippen LogP contribution in [0.1, 0.15) is 25.7 Å². The maximum absolute atomic E-state index is 10.3. The molecule has 2 unspecified atom stereocenters. The molecule has 2 N–H and O–H groups in total. The van der Waals surface area contributed by atoms with Crippen LogP contribution in [0.15, 0.2) is 0 Å². The molecule has 0 aromatic carbocycles. The topological polar surface area (TPSA) is 76.0 Å². The minimum absolute atomic E-state index is 0.102. The van der Waals surface area contributed by atoms with Gasteiger partial charge in [0.25, 0.3) is 0 Å². The van der Waals surface area contributed by atoms with Crippen LogP contribution in [0.2, 0.25) is 0 Å². The average molecular weight is 204 g/mol. The molecule has 5 heteroatoms. The summed E-state index contributed by atoms with van der Waals surface area (Å²) in [6.07, 6.45) is 1.55. The summed E-state index contributed by atoms with van der Waals surface area (Å²) in [4.78, 5) is 10.3. The van der Waals surface area contributed by atoms with Gasteiger partial charge < -0.3 is 19.7 Å². The molecule has 5 nitrogen and oxygen atoms in total. The molecule has 0 aromatic heterocycles. The van der Waals surface area contributed by atoms with Crippen molar-refractivity contribution >= 4 is 5.97 Å². The Morgan fingerprint density at radius 3 is 2.86 bits per heavy atom. The third-order valence-corrected chi connectivity index (χ3v) is 2.09. The molecule has 1 fully saturated rings. The SMILES string of the molecule is O=C(O)CCC1COC(CCCO)O1. The van der Waals surface area contributed by atoms with Gasteiger partial charge in [-0.05, 0) is 12.8 Å². The molecule has 0 bridgehead atoms. The van der Waals surface area contributed by atoms with Crippen molar-refractivity contribution in [1.82, 2.24) is 0 Å². The number of hydrogen-bond donors (Lipinski definition) is 2. The molecule has 0 spiro atoms. The molecule has 14 heavy (non-hydrogen) atoms. The van der Waals surface area contributed by atoms with E-state index >= 15 is 0 Å². The van der Waals surface area contributed by atoms with Crippen molar-refractivity contribution in [3.8, 4) is 0 Å². The molecule has 0 radical (unpaired) electrons. The average Bonchev–Trinajstić information content (AvgIpc) is 2.59. The second kappa shape index (κ2) is 5.95. The van der Waals surface area contributed by atoms with Gasteiger partial charge in [-0.2, -0.15) is 0 Å². The number of carboxylic acid groups (broad SMARTS) is 1. The van der Waals surface area contributed by atoms with Crippen LogP contribution in [0.25, 0.3) is 0 Å². The van der Waals surface area contributed by atoms with E-state index in [1.807, 2.05) is 0 Å². The van der Waals surface area contributed by atoms with Crippen LogP contribution in [0.3, 0.4) is 0 Å². The zero-order valence-corrected chi connectivity index (χ0v) is 8.02. The van der Waals surface area contributed by atoms with Crippen LogP contribution in [0.4, 0.5) is 0 Å². The largest absolute Gasteiger partial charge is 0.481 e. The van der Waals surface area contributed by atoms with E-state index in [0.717, 1.165) is 0 Å². The summed E-state index contributed by atoms with van der Waals surface area (Å²) in [7, 11) is 0. The van der Waals surface area contributed by atoms with Gasteiger partial charge in [0.1, 0.15) is 0 Å². The molecule has 0 aromatic rings. The van der Waals surface area contributed by atoms with Crippen molar-refractivity contribution in [3.63, 3.8) is 0 Å². The van der Waals surface area contributed by atoms with Crippen molar-refractivity contribution in [2.24, 2.45) is 0 Å². The molecule has 0 saturated carbocycles. The summed E-state index contributed by atoms with van der Waals surface area (Å²) < 4.78 is 10.7. The molecular weight excluding hydrogens is 188 g/mol. The molecule has 0 aliphatic carbocycles. The van der Waals surface area contributed by atoms with E-state index in [9.17, 15) is 4.79 Å². The van der Waals surface area contributed by atoms with Crippen LogP contribution >= 0.6 is 0 Å². The maximum Gasteiger partial charge on any atom is 0.303 e. The summed E-state index contributed by atoms with van der Waals surface area (Å²) in [5.41, 5.74) is 0. The Morgan fingerprint density at radius 2 is 2.21 bits per heavy atom. The standard InChI is InChI=1S/C9H16O5/c10-5-1-2-9-13-6-7(14-9)3-4-8(11)12/h7,9-10H,1-6H2,(H,11,12). The van der Waals surface area contributed by atoms with Gasteiger partial charge in [0, 0.05) is 19.4 Å². The number of rotatable bonds is 6. The second-order valence-corrected chi connectivity index (χ2v) is 3.32. The summed E-state index contributed by atoms with van der Waals surface area (Å²) in [5, 5.41) is 17.0. The van der Waals surface area contributed by atoms with E-state index in [4.69, 9.17) is 19.7 Å². The number of aliphatic carboxylic acids is 1. The number of carboxylic acids is 1. The van der Waals surface area contributed by atoms with Crippen LogP contribution in [-0.2, 0) is 14.3 Å². The lowest BCUT2D eigenvalue weighted by Gasteiger charge is -2.09. The first-order valence-electron chi connectivity index (χ1n) is 4.82. The van der Waals surface area contributed by atoms with Gasteiger partial charge >= 0.3 is 5.97 Å². The Bertz CT molecular complexity index is 182. The Balaban J connectivity index is 2.10. The van der Waals surface area contributed by atoms with E-state index in [-0.39, 0.29) is 25.4 Å². The highest BCUT2D eigenvalue weighted by Crippen LogP contribution is 2.18. The van der Waals surface area contributed by atoms with Gasteiger partial charge in [0.15, 0.2) is 6.29 Å². The first-order valence-corrected chi connectivity index (χ1v) is 4.82. The number of aliphatic hydroxyl groups excluding tert-OH is 1. The number of ether oxygens (including phenoxy) is 2. The zero-order valence-electron chi connectivity index (χ0n) is 8.02. The van der Waals surface area contributed by atoms with E-state index in [2.05, 4.69) is 0 Å². The Hall–Kier alpha value is -0.650. The van der Waals surface area contributed by atoms with Crippen LogP contribution in [0.5, 0.6) is 0 Å². The molecule has 1 saturated heterocycles. The first-order chi connectivity index (χ1) is 6.72. The maximum atomic E-state index is 10.3. The van der Waals surface area contributed by atoms with Gasteiger partial charge in [-0.25, -0.2) is 0 Å². The fourth-order valence-electron chi connectivity index (χ4n) is 1.35. The smallest absolute Gasteiger partial charge is 0.303 e. The van der Waals surface area contributed by atoms with Crippen molar-refractivity contribution in [2.45, 2.75) is 38.1 Å². The molecular formula is C9H16O5. The highest BCUT2D eigenvalue weighted by Gasteiger charge is 2.25. The lowest BCUT2D eigenvalue weighted by atomic mass is 10.2. The zero-order chi connectivity index (χ0) is 10.4. The highest BCUT2D eigenvalue weighted by atomic mass is 16.7. The monoisotopic (exact) mass is 204 g/mol. The predicted octanol–water partition coefficient (Wildman–Crippen LogP) is 0.365. The molecule has 1 rings (SSSR count). The summed E-state index contributed by atoms with van der Waals surface area (Å²) in [6, 6.07) is 0. The lowest BCUT2D eigenvalue weighted by molar-refractivity contribution is -0.138. The van der Waals surface area contributed by atoms with E-state index in [0.29, 0.717) is 25.9 Å². The van der Waals surface area contributed by atoms with Gasteiger partial charge in [-0.1, -0.05) is 0 Å². The quantitative estimate of drug-likeness (QED) is 0.653. The Morgan fingerprint density at radius 1 is 1.43 bits per heavy atom. The van der Waals surface area contributed by atoms with Crippen LogP contribution in [-0.4, -0.2) is 41.8 Å². The van der Waals surface area contributed by atoms with Crippen molar-refractivity contribution in [3.05, 3.63) is 0 Å². The van der Waals surface area contributed by atoms with Gasteiger partial charge in [-0.15, -0.1) is 0 Å². The fraction of sp³-hybridized carbons (Fsp3) is 0.889. The third kappa shape index (κ3) is 4.04. The highest BCUT2D eigenvalue weighted by molar-refractivity contribution is 5.66. The van der Waals surface area contributed by atoms with Gasteiger partial charge in [0.05, 0.1) is 12.7 Å². The minimum Gasteiger partial charge on any atom is -0.481 e. The Kier molecular flexibility index (Phi) is 4.86. The first kappa shape index (κ1) is 11.4. The van der Waals surface area contributed by atoms with E-state index in [1.165, 1.54) is 0 Å². The molecule has 82 valence electrons. The fourth-order valence-corrected chi connectivity index (χ4v) is 1.35. The lowest BCUT2D eigenvalue weighted by Crippen LogP contribution is -2.14. The molecule has 0 amide bonds. The van der Waals surface area contributed by atoms with Crippen molar-refractivity contribution in [2.75, 3.05) is 13.2 Å². The second-order valence-electron chi connectivity index (χ2n) is 3.32.